The van der Waals surface area contributed by atoms with E-state index in [-0.39, 0.29) is 5.56 Å². The van der Waals surface area contributed by atoms with Crippen molar-refractivity contribution >= 4 is 5.91 Å². The van der Waals surface area contributed by atoms with E-state index in [9.17, 15) is 13.6 Å². The van der Waals surface area contributed by atoms with Crippen LogP contribution in [0.25, 0.3) is 0 Å². The number of aromatic nitrogens is 1. The van der Waals surface area contributed by atoms with Crippen molar-refractivity contribution in [1.29, 1.82) is 5.26 Å². The van der Waals surface area contributed by atoms with E-state index in [0.29, 0.717) is 11.8 Å². The Kier molecular flexibility index (Phi) is 3.80. The fourth-order valence-electron chi connectivity index (χ4n) is 1.82. The molecule has 1 atom stereocenters. The van der Waals surface area contributed by atoms with Crippen LogP contribution in [0.3, 0.4) is 0 Å². The second-order valence-corrected chi connectivity index (χ2v) is 4.21. The number of nitrogens with one attached hydrogen (secondary N) is 1. The number of amides is 1. The molecule has 0 fully saturated rings. The molecule has 0 aliphatic rings. The molecule has 6 heteroatoms. The molecule has 2 rings (SSSR count). The zero-order valence-electron chi connectivity index (χ0n) is 10.6. The van der Waals surface area contributed by atoms with Crippen LogP contribution in [0.2, 0.25) is 0 Å². The number of aryl methyl sites for hydroxylation is 1. The fourth-order valence-corrected chi connectivity index (χ4v) is 1.82. The minimum atomic E-state index is -1.18. The summed E-state index contributed by atoms with van der Waals surface area (Å²) in [7, 11) is 1.68. The van der Waals surface area contributed by atoms with Gasteiger partial charge in [-0.05, 0) is 18.2 Å². The maximum absolute atomic E-state index is 13.6. The molecule has 20 heavy (non-hydrogen) atoms. The van der Waals surface area contributed by atoms with E-state index in [1.54, 1.807) is 36.0 Å². The molecule has 0 bridgehead atoms. The van der Waals surface area contributed by atoms with Gasteiger partial charge in [0, 0.05) is 24.9 Å². The predicted molar refractivity (Wildman–Crippen MR) is 67.6 cm³/mol. The van der Waals surface area contributed by atoms with Crippen molar-refractivity contribution < 1.29 is 13.6 Å². The normalized spacial score (nSPS) is 11.7. The van der Waals surface area contributed by atoms with Gasteiger partial charge in [-0.25, -0.2) is 8.78 Å². The first-order valence-corrected chi connectivity index (χ1v) is 5.79. The fraction of sp³-hybridized carbons (Fsp3) is 0.143. The second kappa shape index (κ2) is 5.53. The Morgan fingerprint density at radius 3 is 2.70 bits per heavy atom. The number of nitriles is 1. The Hall–Kier alpha value is -2.68. The lowest BCUT2D eigenvalue weighted by atomic mass is 10.1. The molecule has 0 saturated heterocycles. The van der Waals surface area contributed by atoms with Crippen molar-refractivity contribution in [3.05, 3.63) is 59.4 Å². The van der Waals surface area contributed by atoms with Crippen molar-refractivity contribution in [2.24, 2.45) is 7.05 Å². The van der Waals surface area contributed by atoms with E-state index in [1.165, 1.54) is 0 Å². The molecule has 1 N–H and O–H groups in total. The highest BCUT2D eigenvalue weighted by atomic mass is 19.1. The first-order valence-electron chi connectivity index (χ1n) is 5.79. The molecule has 0 saturated carbocycles. The van der Waals surface area contributed by atoms with E-state index in [4.69, 9.17) is 5.26 Å². The average molecular weight is 275 g/mol. The summed E-state index contributed by atoms with van der Waals surface area (Å²) in [5, 5.41) is 11.5. The molecule has 0 aliphatic carbocycles. The van der Waals surface area contributed by atoms with Gasteiger partial charge in [-0.3, -0.25) is 4.79 Å². The summed E-state index contributed by atoms with van der Waals surface area (Å²) >= 11 is 0. The Morgan fingerprint density at radius 1 is 1.40 bits per heavy atom. The number of benzene rings is 1. The Labute approximate surface area is 114 Å². The smallest absolute Gasteiger partial charge is 0.269 e. The number of hydrogen-bond donors (Lipinski definition) is 1. The molecular formula is C14H11F2N3O. The average Bonchev–Trinajstić information content (AvgIpc) is 2.83. The first-order chi connectivity index (χ1) is 9.52. The third-order valence-corrected chi connectivity index (χ3v) is 2.85. The molecular weight excluding hydrogens is 264 g/mol. The number of halogens is 2. The summed E-state index contributed by atoms with van der Waals surface area (Å²) in [4.78, 5) is 12.0. The van der Waals surface area contributed by atoms with E-state index < -0.39 is 23.6 Å². The monoisotopic (exact) mass is 275 g/mol. The zero-order chi connectivity index (χ0) is 14.7. The summed E-state index contributed by atoms with van der Waals surface area (Å²) in [6.45, 7) is 0. The first kappa shape index (κ1) is 13.7. The highest BCUT2D eigenvalue weighted by Gasteiger charge is 2.20. The molecule has 2 aromatic rings. The van der Waals surface area contributed by atoms with Crippen LogP contribution in [-0.4, -0.2) is 10.5 Å². The van der Waals surface area contributed by atoms with Gasteiger partial charge in [0.1, 0.15) is 23.4 Å². The summed E-state index contributed by atoms with van der Waals surface area (Å²) in [5.74, 6) is -2.12. The van der Waals surface area contributed by atoms with Gasteiger partial charge in [-0.2, -0.15) is 5.26 Å². The molecule has 0 spiro atoms. The van der Waals surface area contributed by atoms with Gasteiger partial charge in [0.2, 0.25) is 0 Å². The van der Waals surface area contributed by atoms with Crippen LogP contribution < -0.4 is 5.32 Å². The summed E-state index contributed by atoms with van der Waals surface area (Å²) < 4.78 is 28.0. The molecule has 4 nitrogen and oxygen atoms in total. The summed E-state index contributed by atoms with van der Waals surface area (Å²) in [5.41, 5.74) is 0.268. The van der Waals surface area contributed by atoms with Crippen LogP contribution in [0.15, 0.2) is 36.5 Å². The predicted octanol–water partition coefficient (Wildman–Crippen LogP) is 2.30. The van der Waals surface area contributed by atoms with Gasteiger partial charge in [0.15, 0.2) is 0 Å². The van der Waals surface area contributed by atoms with Crippen molar-refractivity contribution in [3.8, 4) is 6.07 Å². The van der Waals surface area contributed by atoms with Gasteiger partial charge in [0.25, 0.3) is 5.91 Å². The molecule has 0 radical (unpaired) electrons. The molecule has 1 amide bonds. The summed E-state index contributed by atoms with van der Waals surface area (Å²) in [6, 6.07) is 6.71. The minimum Gasteiger partial charge on any atom is -0.347 e. The largest absolute Gasteiger partial charge is 0.347 e. The Balaban J connectivity index is 2.24. The highest BCUT2D eigenvalue weighted by Crippen LogP contribution is 2.18. The zero-order valence-corrected chi connectivity index (χ0v) is 10.6. The topological polar surface area (TPSA) is 57.8 Å². The van der Waals surface area contributed by atoms with Crippen LogP contribution in [0.5, 0.6) is 0 Å². The Morgan fingerprint density at radius 2 is 2.15 bits per heavy atom. The van der Waals surface area contributed by atoms with Crippen LogP contribution in [0.4, 0.5) is 8.78 Å². The van der Waals surface area contributed by atoms with Crippen molar-refractivity contribution in [2.45, 2.75) is 6.04 Å². The van der Waals surface area contributed by atoms with Gasteiger partial charge in [-0.1, -0.05) is 6.07 Å². The third kappa shape index (κ3) is 2.67. The van der Waals surface area contributed by atoms with Gasteiger partial charge < -0.3 is 9.88 Å². The van der Waals surface area contributed by atoms with Crippen LogP contribution in [0.1, 0.15) is 22.1 Å². The molecule has 1 heterocycles. The van der Waals surface area contributed by atoms with E-state index >= 15 is 0 Å². The molecule has 0 unspecified atom stereocenters. The van der Waals surface area contributed by atoms with E-state index in [1.807, 2.05) is 0 Å². The van der Waals surface area contributed by atoms with E-state index in [2.05, 4.69) is 5.32 Å². The minimum absolute atomic E-state index is 0.0727. The number of carbonyl (C=O) groups is 1. The standard InChI is InChI=1S/C14H11F2N3O/c1-19-6-2-3-13(19)14(20)18-12(8-17)10-5-4-9(15)7-11(10)16/h2-7,12H,1H3,(H,18,20)/t12-/m0/s1. The second-order valence-electron chi connectivity index (χ2n) is 4.21. The van der Waals surface area contributed by atoms with Gasteiger partial charge >= 0.3 is 0 Å². The maximum Gasteiger partial charge on any atom is 0.269 e. The number of rotatable bonds is 3. The lowest BCUT2D eigenvalue weighted by Gasteiger charge is -2.13. The van der Waals surface area contributed by atoms with Crippen molar-refractivity contribution in [3.63, 3.8) is 0 Å². The third-order valence-electron chi connectivity index (χ3n) is 2.85. The van der Waals surface area contributed by atoms with Crippen LogP contribution in [-0.2, 0) is 7.05 Å². The number of nitrogens with zero attached hydrogens (tertiary/aromatic N) is 2. The van der Waals surface area contributed by atoms with E-state index in [0.717, 1.165) is 12.1 Å². The number of carbonyl (C=O) groups excluding carboxylic acids is 1. The van der Waals surface area contributed by atoms with Crippen molar-refractivity contribution in [2.75, 3.05) is 0 Å². The lowest BCUT2D eigenvalue weighted by molar-refractivity contribution is 0.0936. The molecule has 0 aliphatic heterocycles. The number of hydrogen-bond acceptors (Lipinski definition) is 2. The van der Waals surface area contributed by atoms with Crippen LogP contribution >= 0.6 is 0 Å². The lowest BCUT2D eigenvalue weighted by Crippen LogP contribution is -2.29. The van der Waals surface area contributed by atoms with Crippen LogP contribution in [0, 0.1) is 23.0 Å². The maximum atomic E-state index is 13.6. The Bertz CT molecular complexity index is 688. The highest BCUT2D eigenvalue weighted by molar-refractivity contribution is 5.93. The SMILES string of the molecule is Cn1cccc1C(=O)N[C@@H](C#N)c1ccc(F)cc1F. The molecule has 102 valence electrons. The molecule has 1 aromatic heterocycles. The molecule has 1 aromatic carbocycles. The summed E-state index contributed by atoms with van der Waals surface area (Å²) in [6.07, 6.45) is 1.68. The quantitative estimate of drug-likeness (QED) is 0.934. The van der Waals surface area contributed by atoms with Gasteiger partial charge in [-0.15, -0.1) is 0 Å². The van der Waals surface area contributed by atoms with Crippen molar-refractivity contribution in [1.82, 2.24) is 9.88 Å². The van der Waals surface area contributed by atoms with Gasteiger partial charge in [0.05, 0.1) is 6.07 Å².